The van der Waals surface area contributed by atoms with Gasteiger partial charge in [-0.05, 0) is 98.4 Å². The van der Waals surface area contributed by atoms with E-state index in [-0.39, 0.29) is 0 Å². The minimum absolute atomic E-state index is 0.838. The maximum atomic E-state index is 7.10. The van der Waals surface area contributed by atoms with Gasteiger partial charge in [-0.25, -0.2) is 0 Å². The first-order chi connectivity index (χ1) is 30.2. The summed E-state index contributed by atoms with van der Waals surface area (Å²) in [6.07, 6.45) is 0. The normalized spacial score (nSPS) is 11.6. The predicted octanol–water partition coefficient (Wildman–Crippen LogP) is 16.8. The molecule has 12 rings (SSSR count). The second kappa shape index (κ2) is 14.3. The first kappa shape index (κ1) is 34.9. The lowest BCUT2D eigenvalue weighted by molar-refractivity contribution is 0.669. The largest absolute Gasteiger partial charge is 0.456 e. The molecule has 3 nitrogen and oxygen atoms in total. The van der Waals surface area contributed by atoms with Crippen molar-refractivity contribution in [2.24, 2.45) is 0 Å². The summed E-state index contributed by atoms with van der Waals surface area (Å²) in [5.74, 6) is 0. The van der Waals surface area contributed by atoms with E-state index >= 15 is 0 Å². The Balaban J connectivity index is 1.02. The van der Waals surface area contributed by atoms with Crippen molar-refractivity contribution in [3.05, 3.63) is 224 Å². The van der Waals surface area contributed by atoms with Crippen LogP contribution in [0.25, 0.3) is 99.2 Å². The molecule has 0 aliphatic rings. The Hall–Kier alpha value is -8.14. The van der Waals surface area contributed by atoms with Crippen LogP contribution in [0, 0.1) is 0 Å². The number of anilines is 3. The van der Waals surface area contributed by atoms with E-state index in [2.05, 4.69) is 217 Å². The van der Waals surface area contributed by atoms with E-state index in [4.69, 9.17) is 8.83 Å². The zero-order valence-electron chi connectivity index (χ0n) is 33.1. The highest BCUT2D eigenvalue weighted by Crippen LogP contribution is 2.46. The van der Waals surface area contributed by atoms with Crippen LogP contribution in [0.1, 0.15) is 0 Å². The van der Waals surface area contributed by atoms with E-state index < -0.39 is 0 Å². The third-order valence-electron chi connectivity index (χ3n) is 12.1. The van der Waals surface area contributed by atoms with E-state index in [0.29, 0.717) is 0 Å². The molecule has 0 aliphatic carbocycles. The summed E-state index contributed by atoms with van der Waals surface area (Å²) in [7, 11) is 0. The Morgan fingerprint density at radius 2 is 0.754 bits per heavy atom. The van der Waals surface area contributed by atoms with Crippen molar-refractivity contribution in [3.8, 4) is 44.5 Å². The number of para-hydroxylation sites is 2. The predicted molar refractivity (Wildman–Crippen MR) is 255 cm³/mol. The van der Waals surface area contributed by atoms with Gasteiger partial charge in [0.2, 0.25) is 0 Å². The SMILES string of the molecule is c1ccc(-c2ccc(-c3cc4c5cccc(N(c6ccc(-c7ccccc7)cc6)c6ccc(-c7cccc8oc9ccccc9c78)cc6)c5oc4c4ccccc34)cc2)cc1. The fraction of sp³-hybridized carbons (Fsp3) is 0. The average molecular weight is 780 g/mol. The standard InChI is InChI=1S/C58H37NO2/c1-3-13-38(14-4-1)40-25-27-43(28-26-40)51-37-52-49-21-11-22-53(58(49)61-57(52)48-18-8-7-17-47(48)51)59(44-33-29-41(30-34-44)39-15-5-2-6-16-39)45-35-31-42(32-36-45)46-20-12-24-55-56(46)50-19-9-10-23-54(50)60-55/h1-37H. The zero-order chi connectivity index (χ0) is 40.3. The van der Waals surface area contributed by atoms with Crippen LogP contribution in [0.15, 0.2) is 233 Å². The molecule has 10 aromatic carbocycles. The first-order valence-electron chi connectivity index (χ1n) is 20.7. The summed E-state index contributed by atoms with van der Waals surface area (Å²) < 4.78 is 13.4. The summed E-state index contributed by atoms with van der Waals surface area (Å²) in [5, 5.41) is 6.66. The molecule has 12 aromatic rings. The molecular formula is C58H37NO2. The molecule has 0 amide bonds. The molecule has 0 atom stereocenters. The maximum Gasteiger partial charge on any atom is 0.159 e. The van der Waals surface area contributed by atoms with Crippen molar-refractivity contribution in [2.75, 3.05) is 4.90 Å². The van der Waals surface area contributed by atoms with Gasteiger partial charge in [-0.1, -0.05) is 176 Å². The molecule has 0 fully saturated rings. The number of rotatable bonds is 7. The molecule has 2 heterocycles. The highest BCUT2D eigenvalue weighted by molar-refractivity contribution is 6.21. The molecule has 2 aromatic heterocycles. The summed E-state index contributed by atoms with van der Waals surface area (Å²) in [4.78, 5) is 2.32. The van der Waals surface area contributed by atoms with Gasteiger partial charge in [-0.3, -0.25) is 0 Å². The van der Waals surface area contributed by atoms with Gasteiger partial charge in [0, 0.05) is 38.3 Å². The van der Waals surface area contributed by atoms with E-state index in [1.165, 1.54) is 27.8 Å². The number of hydrogen-bond donors (Lipinski definition) is 0. The van der Waals surface area contributed by atoms with Crippen molar-refractivity contribution in [1.82, 2.24) is 0 Å². The van der Waals surface area contributed by atoms with Crippen LogP contribution in [-0.2, 0) is 0 Å². The highest BCUT2D eigenvalue weighted by atomic mass is 16.3. The fourth-order valence-electron chi connectivity index (χ4n) is 9.16. The summed E-state index contributed by atoms with van der Waals surface area (Å²) >= 11 is 0. The fourth-order valence-corrected chi connectivity index (χ4v) is 9.16. The number of nitrogens with zero attached hydrogens (tertiary/aromatic N) is 1. The summed E-state index contributed by atoms with van der Waals surface area (Å²) in [5.41, 5.74) is 15.9. The molecule has 286 valence electrons. The Labute approximate surface area is 353 Å². The Morgan fingerprint density at radius 1 is 0.279 bits per heavy atom. The lowest BCUT2D eigenvalue weighted by atomic mass is 9.94. The molecule has 0 spiro atoms. The van der Waals surface area contributed by atoms with Gasteiger partial charge in [-0.2, -0.15) is 0 Å². The molecular weight excluding hydrogens is 743 g/mol. The van der Waals surface area contributed by atoms with Gasteiger partial charge in [0.1, 0.15) is 16.7 Å². The summed E-state index contributed by atoms with van der Waals surface area (Å²) in [6, 6.07) is 79.7. The van der Waals surface area contributed by atoms with Crippen molar-refractivity contribution >= 4 is 71.7 Å². The molecule has 0 bridgehead atoms. The quantitative estimate of drug-likeness (QED) is 0.161. The average Bonchev–Trinajstić information content (AvgIpc) is 3.92. The summed E-state index contributed by atoms with van der Waals surface area (Å²) in [6.45, 7) is 0. The second-order valence-corrected chi connectivity index (χ2v) is 15.6. The van der Waals surface area contributed by atoms with Crippen molar-refractivity contribution < 1.29 is 8.83 Å². The van der Waals surface area contributed by atoms with Gasteiger partial charge >= 0.3 is 0 Å². The van der Waals surface area contributed by atoms with Gasteiger partial charge in [0.15, 0.2) is 5.58 Å². The molecule has 3 heteroatoms. The van der Waals surface area contributed by atoms with Gasteiger partial charge < -0.3 is 13.7 Å². The van der Waals surface area contributed by atoms with E-state index in [1.54, 1.807) is 0 Å². The topological polar surface area (TPSA) is 29.5 Å². The minimum Gasteiger partial charge on any atom is -0.456 e. The molecule has 0 saturated carbocycles. The number of hydrogen-bond acceptors (Lipinski definition) is 3. The smallest absolute Gasteiger partial charge is 0.159 e. The second-order valence-electron chi connectivity index (χ2n) is 15.6. The molecule has 0 aliphatic heterocycles. The van der Waals surface area contributed by atoms with Gasteiger partial charge in [0.05, 0.1) is 5.69 Å². The minimum atomic E-state index is 0.838. The van der Waals surface area contributed by atoms with Crippen LogP contribution in [-0.4, -0.2) is 0 Å². The third kappa shape index (κ3) is 5.90. The molecule has 61 heavy (non-hydrogen) atoms. The van der Waals surface area contributed by atoms with Gasteiger partial charge in [0.25, 0.3) is 0 Å². The van der Waals surface area contributed by atoms with Crippen LogP contribution < -0.4 is 4.90 Å². The third-order valence-corrected chi connectivity index (χ3v) is 12.1. The lowest BCUT2D eigenvalue weighted by Crippen LogP contribution is -2.10. The molecule has 0 saturated heterocycles. The zero-order valence-corrected chi connectivity index (χ0v) is 33.1. The van der Waals surface area contributed by atoms with E-state index in [9.17, 15) is 0 Å². The van der Waals surface area contributed by atoms with Crippen LogP contribution in [0.3, 0.4) is 0 Å². The van der Waals surface area contributed by atoms with Gasteiger partial charge in [-0.15, -0.1) is 0 Å². The Bertz CT molecular complexity index is 3550. The number of furan rings is 2. The van der Waals surface area contributed by atoms with Crippen LogP contribution in [0.4, 0.5) is 17.1 Å². The Kier molecular flexibility index (Phi) is 8.17. The molecule has 0 N–H and O–H groups in total. The van der Waals surface area contributed by atoms with Crippen molar-refractivity contribution in [3.63, 3.8) is 0 Å². The molecule has 0 radical (unpaired) electrons. The van der Waals surface area contributed by atoms with Crippen LogP contribution in [0.2, 0.25) is 0 Å². The number of benzene rings is 10. The van der Waals surface area contributed by atoms with Crippen LogP contribution >= 0.6 is 0 Å². The van der Waals surface area contributed by atoms with Crippen LogP contribution in [0.5, 0.6) is 0 Å². The van der Waals surface area contributed by atoms with E-state index in [1.807, 2.05) is 12.1 Å². The highest BCUT2D eigenvalue weighted by Gasteiger charge is 2.22. The first-order valence-corrected chi connectivity index (χ1v) is 20.7. The monoisotopic (exact) mass is 779 g/mol. The van der Waals surface area contributed by atoms with Crippen molar-refractivity contribution in [1.29, 1.82) is 0 Å². The van der Waals surface area contributed by atoms with Crippen molar-refractivity contribution in [2.45, 2.75) is 0 Å². The number of fused-ring (bicyclic) bond motifs is 8. The maximum absolute atomic E-state index is 7.10. The van der Waals surface area contributed by atoms with E-state index in [0.717, 1.165) is 88.4 Å². The molecule has 0 unspecified atom stereocenters. The Morgan fingerprint density at radius 3 is 1.44 bits per heavy atom. The lowest BCUT2D eigenvalue weighted by Gasteiger charge is -2.26.